The largest absolute Gasteiger partial charge is 0.492 e. The lowest BCUT2D eigenvalue weighted by Crippen LogP contribution is -2.30. The second kappa shape index (κ2) is 9.43. The van der Waals surface area contributed by atoms with Crippen molar-refractivity contribution in [1.29, 1.82) is 0 Å². The van der Waals surface area contributed by atoms with Gasteiger partial charge in [0.25, 0.3) is 0 Å². The molecule has 0 bridgehead atoms. The Morgan fingerprint density at radius 3 is 2.61 bits per heavy atom. The lowest BCUT2D eigenvalue weighted by Gasteiger charge is -2.14. The Morgan fingerprint density at radius 1 is 1.13 bits per heavy atom. The van der Waals surface area contributed by atoms with Crippen LogP contribution < -0.4 is 15.4 Å². The average molecular weight is 347 g/mol. The summed E-state index contributed by atoms with van der Waals surface area (Å²) in [7, 11) is 0. The predicted molar refractivity (Wildman–Crippen MR) is 104 cm³/mol. The molecule has 2 aromatic carbocycles. The van der Waals surface area contributed by atoms with Crippen LogP contribution in [0.5, 0.6) is 5.75 Å². The first-order chi connectivity index (χ1) is 11.2. The highest BCUT2D eigenvalue weighted by Gasteiger charge is 2.04. The van der Waals surface area contributed by atoms with Crippen LogP contribution >= 0.6 is 24.0 Å². The number of anilines is 1. The van der Waals surface area contributed by atoms with Crippen molar-refractivity contribution in [2.75, 3.05) is 24.2 Å². The maximum atomic E-state index is 5.58. The lowest BCUT2D eigenvalue weighted by atomic mass is 10.2. The number of ether oxygens (including phenoxy) is 1. The number of para-hydroxylation sites is 2. The number of thiocarbonyl (C=S) groups is 1. The topological polar surface area (TPSA) is 33.3 Å². The van der Waals surface area contributed by atoms with Gasteiger partial charge < -0.3 is 15.4 Å². The van der Waals surface area contributed by atoms with Gasteiger partial charge in [-0.05, 0) is 50.3 Å². The van der Waals surface area contributed by atoms with E-state index < -0.39 is 0 Å². The Labute approximate surface area is 147 Å². The summed E-state index contributed by atoms with van der Waals surface area (Å²) in [5, 5.41) is 7.03. The minimum Gasteiger partial charge on any atom is -0.492 e. The van der Waals surface area contributed by atoms with E-state index in [0.29, 0.717) is 11.7 Å². The van der Waals surface area contributed by atoms with E-state index in [2.05, 4.69) is 41.8 Å². The van der Waals surface area contributed by atoms with Crippen molar-refractivity contribution in [1.82, 2.24) is 5.32 Å². The Bertz CT molecular complexity index is 629. The summed E-state index contributed by atoms with van der Waals surface area (Å²) >= 11 is 7.15. The van der Waals surface area contributed by atoms with Gasteiger partial charge in [-0.15, -0.1) is 11.8 Å². The highest BCUT2D eigenvalue weighted by Crippen LogP contribution is 2.23. The number of rotatable bonds is 7. The lowest BCUT2D eigenvalue weighted by molar-refractivity contribution is 0.342. The van der Waals surface area contributed by atoms with Gasteiger partial charge in [0.05, 0.1) is 12.3 Å². The maximum Gasteiger partial charge on any atom is 0.170 e. The van der Waals surface area contributed by atoms with E-state index in [1.807, 2.05) is 43.0 Å². The molecule has 0 saturated carbocycles. The molecule has 2 rings (SSSR count). The summed E-state index contributed by atoms with van der Waals surface area (Å²) < 4.78 is 5.58. The molecule has 0 aromatic heterocycles. The molecule has 3 nitrogen and oxygen atoms in total. The molecule has 0 amide bonds. The van der Waals surface area contributed by atoms with Gasteiger partial charge in [-0.3, -0.25) is 0 Å². The van der Waals surface area contributed by atoms with Crippen LogP contribution in [0.2, 0.25) is 0 Å². The van der Waals surface area contributed by atoms with Crippen LogP contribution in [0, 0.1) is 6.92 Å². The normalized spacial score (nSPS) is 10.2. The zero-order valence-electron chi connectivity index (χ0n) is 13.5. The fourth-order valence-electron chi connectivity index (χ4n) is 1.99. The van der Waals surface area contributed by atoms with E-state index in [9.17, 15) is 0 Å². The fourth-order valence-corrected chi connectivity index (χ4v) is 2.97. The van der Waals surface area contributed by atoms with Gasteiger partial charge in [-0.2, -0.15) is 0 Å². The van der Waals surface area contributed by atoms with Crippen molar-refractivity contribution in [3.63, 3.8) is 0 Å². The van der Waals surface area contributed by atoms with E-state index in [1.165, 1.54) is 10.5 Å². The highest BCUT2D eigenvalue weighted by molar-refractivity contribution is 7.99. The van der Waals surface area contributed by atoms with Gasteiger partial charge in [0.1, 0.15) is 5.75 Å². The Hall–Kier alpha value is -1.72. The first-order valence-electron chi connectivity index (χ1n) is 7.65. The van der Waals surface area contributed by atoms with Gasteiger partial charge >= 0.3 is 0 Å². The molecule has 0 fully saturated rings. The van der Waals surface area contributed by atoms with Crippen molar-refractivity contribution in [3.8, 4) is 5.75 Å². The van der Waals surface area contributed by atoms with Gasteiger partial charge in [-0.25, -0.2) is 0 Å². The molecule has 0 spiro atoms. The number of thioether (sulfide) groups is 1. The molecule has 0 aliphatic carbocycles. The minimum absolute atomic E-state index is 0.613. The van der Waals surface area contributed by atoms with E-state index in [-0.39, 0.29) is 0 Å². The van der Waals surface area contributed by atoms with Gasteiger partial charge in [0, 0.05) is 17.2 Å². The van der Waals surface area contributed by atoms with Crippen molar-refractivity contribution < 1.29 is 4.74 Å². The molecular weight excluding hydrogens is 324 g/mol. The molecule has 2 N–H and O–H groups in total. The summed E-state index contributed by atoms with van der Waals surface area (Å²) in [6.45, 7) is 5.50. The maximum absolute atomic E-state index is 5.58. The van der Waals surface area contributed by atoms with Crippen LogP contribution in [-0.2, 0) is 0 Å². The summed E-state index contributed by atoms with van der Waals surface area (Å²) in [4.78, 5) is 1.28. The Balaban J connectivity index is 1.74. The fraction of sp³-hybridized carbons (Fsp3) is 0.278. The van der Waals surface area contributed by atoms with E-state index in [0.717, 1.165) is 23.7 Å². The van der Waals surface area contributed by atoms with Gasteiger partial charge in [0.15, 0.2) is 5.11 Å². The zero-order valence-corrected chi connectivity index (χ0v) is 15.1. The monoisotopic (exact) mass is 346 g/mol. The third kappa shape index (κ3) is 6.12. The third-order valence-corrected chi connectivity index (χ3v) is 4.37. The van der Waals surface area contributed by atoms with Crippen molar-refractivity contribution in [2.24, 2.45) is 0 Å². The summed E-state index contributed by atoms with van der Waals surface area (Å²) in [6, 6.07) is 16.4. The molecule has 23 heavy (non-hydrogen) atoms. The molecule has 0 heterocycles. The molecule has 2 aromatic rings. The van der Waals surface area contributed by atoms with E-state index in [4.69, 9.17) is 17.0 Å². The average Bonchev–Trinajstić information content (AvgIpc) is 2.55. The molecule has 0 aliphatic heterocycles. The second-order valence-electron chi connectivity index (χ2n) is 4.97. The van der Waals surface area contributed by atoms with Crippen LogP contribution in [0.4, 0.5) is 5.69 Å². The molecule has 0 atom stereocenters. The first kappa shape index (κ1) is 17.6. The van der Waals surface area contributed by atoms with E-state index >= 15 is 0 Å². The summed E-state index contributed by atoms with van der Waals surface area (Å²) in [5.74, 6) is 1.77. The van der Waals surface area contributed by atoms with Gasteiger partial charge in [0.2, 0.25) is 0 Å². The second-order valence-corrected chi connectivity index (χ2v) is 6.55. The number of aryl methyl sites for hydroxylation is 1. The van der Waals surface area contributed by atoms with Crippen LogP contribution in [0.15, 0.2) is 53.4 Å². The molecule has 122 valence electrons. The molecule has 5 heteroatoms. The number of benzene rings is 2. The van der Waals surface area contributed by atoms with Crippen LogP contribution in [0.25, 0.3) is 0 Å². The molecule has 0 aliphatic rings. The minimum atomic E-state index is 0.613. The number of nitrogens with one attached hydrogen (secondary N) is 2. The summed E-state index contributed by atoms with van der Waals surface area (Å²) in [6.07, 6.45) is 0. The SMILES string of the molecule is CCOc1ccccc1NC(=S)NCCSc1ccc(C)cc1. The predicted octanol–water partition coefficient (Wildman–Crippen LogP) is 4.47. The van der Waals surface area contributed by atoms with Crippen molar-refractivity contribution >= 4 is 34.8 Å². The smallest absolute Gasteiger partial charge is 0.170 e. The molecule has 0 unspecified atom stereocenters. The number of hydrogen-bond donors (Lipinski definition) is 2. The Kier molecular flexibility index (Phi) is 7.23. The highest BCUT2D eigenvalue weighted by atomic mass is 32.2. The molecular formula is C18H22N2OS2. The molecule has 0 radical (unpaired) electrons. The van der Waals surface area contributed by atoms with Crippen LogP contribution in [0.1, 0.15) is 12.5 Å². The standard InChI is InChI=1S/C18H22N2OS2/c1-3-21-17-7-5-4-6-16(17)20-18(22)19-12-13-23-15-10-8-14(2)9-11-15/h4-11H,3,12-13H2,1-2H3,(H2,19,20,22). The van der Waals surface area contributed by atoms with Crippen LogP contribution in [-0.4, -0.2) is 24.0 Å². The summed E-state index contributed by atoms with van der Waals surface area (Å²) in [5.41, 5.74) is 2.17. The first-order valence-corrected chi connectivity index (χ1v) is 9.04. The third-order valence-electron chi connectivity index (χ3n) is 3.11. The Morgan fingerprint density at radius 2 is 1.87 bits per heavy atom. The zero-order chi connectivity index (χ0) is 16.5. The van der Waals surface area contributed by atoms with Crippen molar-refractivity contribution in [2.45, 2.75) is 18.7 Å². The van der Waals surface area contributed by atoms with E-state index in [1.54, 1.807) is 0 Å². The number of hydrogen-bond acceptors (Lipinski definition) is 3. The van der Waals surface area contributed by atoms with Crippen molar-refractivity contribution in [3.05, 3.63) is 54.1 Å². The quantitative estimate of drug-likeness (QED) is 0.439. The molecule has 0 saturated heterocycles. The van der Waals surface area contributed by atoms with Gasteiger partial charge in [-0.1, -0.05) is 29.8 Å². The van der Waals surface area contributed by atoms with Crippen LogP contribution in [0.3, 0.4) is 0 Å².